The number of ether oxygens (including phenoxy) is 3. The number of para-hydroxylation sites is 2. The van der Waals surface area contributed by atoms with Crippen LogP contribution in [0.3, 0.4) is 0 Å². The number of nitrogens with zero attached hydrogens (tertiary/aromatic N) is 2. The fourth-order valence-corrected chi connectivity index (χ4v) is 3.11. The van der Waals surface area contributed by atoms with Crippen molar-refractivity contribution in [1.82, 2.24) is 9.55 Å². The van der Waals surface area contributed by atoms with Crippen molar-refractivity contribution in [3.63, 3.8) is 0 Å². The Balaban J connectivity index is 0.00000272. The molecular weight excluding hydrogens is 420 g/mol. The topological polar surface area (TPSA) is 82.8 Å². The molecule has 0 atom stereocenters. The maximum atomic E-state index is 11.1. The molecule has 0 aliphatic carbocycles. The first kappa shape index (κ1) is 22.0. The van der Waals surface area contributed by atoms with Crippen LogP contribution in [0.1, 0.15) is 16.2 Å². The molecule has 3 aromatic carbocycles. The fraction of sp³-hybridized carbons (Fsp3) is 0.130. The third-order valence-corrected chi connectivity index (χ3v) is 4.69. The predicted molar refractivity (Wildman–Crippen MR) is 119 cm³/mol. The second kappa shape index (κ2) is 9.40. The van der Waals surface area contributed by atoms with Gasteiger partial charge in [0.1, 0.15) is 23.9 Å². The van der Waals surface area contributed by atoms with Crippen LogP contribution in [-0.4, -0.2) is 27.7 Å². The maximum Gasteiger partial charge on any atom is 0.335 e. The van der Waals surface area contributed by atoms with Gasteiger partial charge in [-0.05, 0) is 42.5 Å². The van der Waals surface area contributed by atoms with Crippen LogP contribution < -0.4 is 14.2 Å². The molecule has 0 unspecified atom stereocenters. The van der Waals surface area contributed by atoms with E-state index in [-0.39, 0.29) is 24.6 Å². The zero-order valence-electron chi connectivity index (χ0n) is 16.9. The summed E-state index contributed by atoms with van der Waals surface area (Å²) in [6.07, 6.45) is 0. The van der Waals surface area contributed by atoms with Crippen molar-refractivity contribution in [2.24, 2.45) is 7.05 Å². The highest BCUT2D eigenvalue weighted by molar-refractivity contribution is 5.88. The lowest BCUT2D eigenvalue weighted by Gasteiger charge is -2.10. The number of hydrogen-bond donors (Lipinski definition) is 1. The molecule has 0 saturated heterocycles. The first-order valence-electron chi connectivity index (χ1n) is 9.27. The Kier molecular flexibility index (Phi) is 6.67. The van der Waals surface area contributed by atoms with Crippen LogP contribution in [0.15, 0.2) is 66.7 Å². The summed E-state index contributed by atoms with van der Waals surface area (Å²) in [5, 5.41) is 9.11. The van der Waals surface area contributed by atoms with Gasteiger partial charge in [-0.2, -0.15) is 0 Å². The van der Waals surface area contributed by atoms with E-state index in [0.717, 1.165) is 11.0 Å². The zero-order chi connectivity index (χ0) is 21.1. The maximum absolute atomic E-state index is 11.1. The summed E-state index contributed by atoms with van der Waals surface area (Å²) >= 11 is 0. The standard InChI is InChI=1S/C23H20N2O5.ClH/c1-25-19-13-17(30-21-9-4-3-8-20(21)28-2)10-11-18(19)24-22(25)14-29-16-7-5-6-15(12-16)23(26)27;/h3-13H,14H2,1-2H3,(H,26,27);1H. The monoisotopic (exact) mass is 440 g/mol. The van der Waals surface area contributed by atoms with Crippen molar-refractivity contribution in [3.8, 4) is 23.0 Å². The first-order valence-corrected chi connectivity index (χ1v) is 9.27. The SMILES string of the molecule is COc1ccccc1Oc1ccc2nc(COc3cccc(C(=O)O)c3)n(C)c2c1.Cl. The van der Waals surface area contributed by atoms with Crippen molar-refractivity contribution >= 4 is 29.4 Å². The van der Waals surface area contributed by atoms with E-state index in [1.54, 1.807) is 19.2 Å². The Morgan fingerprint density at radius 3 is 2.52 bits per heavy atom. The molecule has 4 aromatic rings. The quantitative estimate of drug-likeness (QED) is 0.432. The van der Waals surface area contributed by atoms with E-state index in [2.05, 4.69) is 4.98 Å². The number of fused-ring (bicyclic) bond motifs is 1. The molecule has 0 saturated carbocycles. The molecule has 160 valence electrons. The molecule has 7 nitrogen and oxygen atoms in total. The Morgan fingerprint density at radius 1 is 1.00 bits per heavy atom. The minimum atomic E-state index is -0.995. The summed E-state index contributed by atoms with van der Waals surface area (Å²) < 4.78 is 19.0. The second-order valence-corrected chi connectivity index (χ2v) is 6.61. The van der Waals surface area contributed by atoms with Crippen molar-refractivity contribution in [2.75, 3.05) is 7.11 Å². The minimum Gasteiger partial charge on any atom is -0.493 e. The molecule has 0 radical (unpaired) electrons. The molecular formula is C23H21ClN2O5. The molecule has 0 fully saturated rings. The number of aromatic nitrogens is 2. The van der Waals surface area contributed by atoms with E-state index in [4.69, 9.17) is 19.3 Å². The summed E-state index contributed by atoms with van der Waals surface area (Å²) in [5.74, 6) is 2.13. The van der Waals surface area contributed by atoms with Gasteiger partial charge in [0, 0.05) is 13.1 Å². The van der Waals surface area contributed by atoms with Gasteiger partial charge in [-0.1, -0.05) is 18.2 Å². The molecule has 1 N–H and O–H groups in total. The molecule has 0 amide bonds. The van der Waals surface area contributed by atoms with E-state index >= 15 is 0 Å². The largest absolute Gasteiger partial charge is 0.493 e. The lowest BCUT2D eigenvalue weighted by molar-refractivity contribution is 0.0696. The fourth-order valence-electron chi connectivity index (χ4n) is 3.11. The lowest BCUT2D eigenvalue weighted by atomic mass is 10.2. The van der Waals surface area contributed by atoms with Crippen molar-refractivity contribution in [2.45, 2.75) is 6.61 Å². The van der Waals surface area contributed by atoms with E-state index in [1.165, 1.54) is 12.1 Å². The molecule has 0 aliphatic heterocycles. The van der Waals surface area contributed by atoms with Crippen LogP contribution in [0.4, 0.5) is 0 Å². The highest BCUT2D eigenvalue weighted by Gasteiger charge is 2.12. The van der Waals surface area contributed by atoms with Gasteiger partial charge in [-0.3, -0.25) is 0 Å². The number of carboxylic acid groups (broad SMARTS) is 1. The Hall–Kier alpha value is -3.71. The van der Waals surface area contributed by atoms with Gasteiger partial charge in [-0.15, -0.1) is 12.4 Å². The van der Waals surface area contributed by atoms with Crippen LogP contribution in [0.25, 0.3) is 11.0 Å². The second-order valence-electron chi connectivity index (χ2n) is 6.61. The van der Waals surface area contributed by atoms with E-state index in [9.17, 15) is 4.79 Å². The zero-order valence-corrected chi connectivity index (χ0v) is 17.8. The van der Waals surface area contributed by atoms with Crippen LogP contribution in [0.5, 0.6) is 23.0 Å². The number of aryl methyl sites for hydroxylation is 1. The van der Waals surface area contributed by atoms with Crippen molar-refractivity contribution < 1.29 is 24.1 Å². The minimum absolute atomic E-state index is 0. The first-order chi connectivity index (χ1) is 14.5. The molecule has 0 aliphatic rings. The highest BCUT2D eigenvalue weighted by Crippen LogP contribution is 2.32. The van der Waals surface area contributed by atoms with Crippen molar-refractivity contribution in [3.05, 3.63) is 78.1 Å². The van der Waals surface area contributed by atoms with Gasteiger partial charge in [0.25, 0.3) is 0 Å². The molecule has 1 heterocycles. The van der Waals surface area contributed by atoms with E-state index < -0.39 is 5.97 Å². The molecule has 0 bridgehead atoms. The normalized spacial score (nSPS) is 10.4. The van der Waals surface area contributed by atoms with Gasteiger partial charge in [0.15, 0.2) is 11.5 Å². The summed E-state index contributed by atoms with van der Waals surface area (Å²) in [5.41, 5.74) is 1.87. The summed E-state index contributed by atoms with van der Waals surface area (Å²) in [6, 6.07) is 19.5. The molecule has 1 aromatic heterocycles. The predicted octanol–water partition coefficient (Wildman–Crippen LogP) is 5.07. The molecule has 4 rings (SSSR count). The number of halogens is 1. The molecule has 31 heavy (non-hydrogen) atoms. The van der Waals surface area contributed by atoms with Crippen LogP contribution >= 0.6 is 12.4 Å². The average molecular weight is 441 g/mol. The highest BCUT2D eigenvalue weighted by atomic mass is 35.5. The third-order valence-electron chi connectivity index (χ3n) is 4.69. The Labute approximate surface area is 185 Å². The number of hydrogen-bond acceptors (Lipinski definition) is 5. The summed E-state index contributed by atoms with van der Waals surface area (Å²) in [6.45, 7) is 0.205. The number of benzene rings is 3. The van der Waals surface area contributed by atoms with Crippen LogP contribution in [0.2, 0.25) is 0 Å². The number of carbonyl (C=O) groups is 1. The third kappa shape index (κ3) is 4.73. The average Bonchev–Trinajstić information content (AvgIpc) is 3.08. The van der Waals surface area contributed by atoms with Gasteiger partial charge >= 0.3 is 5.97 Å². The van der Waals surface area contributed by atoms with Gasteiger partial charge in [0.2, 0.25) is 0 Å². The number of rotatable bonds is 7. The van der Waals surface area contributed by atoms with Gasteiger partial charge < -0.3 is 23.9 Å². The summed E-state index contributed by atoms with van der Waals surface area (Å²) in [4.78, 5) is 15.7. The van der Waals surface area contributed by atoms with Crippen LogP contribution in [-0.2, 0) is 13.7 Å². The molecule has 8 heteroatoms. The van der Waals surface area contributed by atoms with Crippen molar-refractivity contribution in [1.29, 1.82) is 0 Å². The Morgan fingerprint density at radius 2 is 1.77 bits per heavy atom. The van der Waals surface area contributed by atoms with E-state index in [0.29, 0.717) is 28.8 Å². The van der Waals surface area contributed by atoms with Crippen LogP contribution in [0, 0.1) is 0 Å². The number of methoxy groups -OCH3 is 1. The lowest BCUT2D eigenvalue weighted by Crippen LogP contribution is -2.04. The number of aromatic carboxylic acids is 1. The smallest absolute Gasteiger partial charge is 0.335 e. The Bertz CT molecular complexity index is 1220. The van der Waals surface area contributed by atoms with Gasteiger partial charge in [0.05, 0.1) is 23.7 Å². The number of carboxylic acids is 1. The van der Waals surface area contributed by atoms with E-state index in [1.807, 2.05) is 54.1 Å². The number of imidazole rings is 1. The van der Waals surface area contributed by atoms with Gasteiger partial charge in [-0.25, -0.2) is 9.78 Å². The molecule has 0 spiro atoms. The summed E-state index contributed by atoms with van der Waals surface area (Å²) in [7, 11) is 3.50.